The van der Waals surface area contributed by atoms with Gasteiger partial charge in [-0.05, 0) is 38.0 Å². The van der Waals surface area contributed by atoms with E-state index in [1.807, 2.05) is 19.9 Å². The Morgan fingerprint density at radius 2 is 1.71 bits per heavy atom. The average Bonchev–Trinajstić information content (AvgIpc) is 2.22. The molecule has 17 heavy (non-hydrogen) atoms. The van der Waals surface area contributed by atoms with Crippen LogP contribution in [0.5, 0.6) is 0 Å². The van der Waals surface area contributed by atoms with Crippen molar-refractivity contribution in [1.82, 2.24) is 0 Å². The van der Waals surface area contributed by atoms with Crippen molar-refractivity contribution in [3.8, 4) is 0 Å². The molecule has 1 rings (SSSR count). The van der Waals surface area contributed by atoms with Crippen LogP contribution < -0.4 is 0 Å². The molecule has 0 atom stereocenters. The van der Waals surface area contributed by atoms with Crippen molar-refractivity contribution in [2.24, 2.45) is 0 Å². The van der Waals surface area contributed by atoms with Gasteiger partial charge in [0.1, 0.15) is 0 Å². The molecule has 0 radical (unpaired) electrons. The van der Waals surface area contributed by atoms with E-state index in [1.165, 1.54) is 0 Å². The molecular formula is C13H14O4. The minimum absolute atomic E-state index is 0.428. The number of Topliss-reactive ketones (excluding diaryl/α,β-unsaturated/α-hetero) is 2. The van der Waals surface area contributed by atoms with Crippen LogP contribution in [0.2, 0.25) is 0 Å². The number of carbonyl (C=O) groups is 3. The highest BCUT2D eigenvalue weighted by atomic mass is 16.4. The number of aliphatic carboxylic acids is 1. The van der Waals surface area contributed by atoms with E-state index in [0.717, 1.165) is 16.7 Å². The monoisotopic (exact) mass is 234 g/mol. The molecule has 0 amide bonds. The lowest BCUT2D eigenvalue weighted by molar-refractivity contribution is -0.148. The van der Waals surface area contributed by atoms with Crippen molar-refractivity contribution in [3.05, 3.63) is 34.4 Å². The fourth-order valence-corrected chi connectivity index (χ4v) is 1.65. The molecule has 0 fully saturated rings. The maximum Gasteiger partial charge on any atom is 0.372 e. The molecule has 4 nitrogen and oxygen atoms in total. The van der Waals surface area contributed by atoms with Crippen LogP contribution in [0.1, 0.15) is 33.5 Å². The van der Waals surface area contributed by atoms with Gasteiger partial charge in [-0.25, -0.2) is 4.79 Å². The summed E-state index contributed by atoms with van der Waals surface area (Å²) in [6, 6.07) is 3.62. The SMILES string of the molecule is Cc1cc(C)c(C)c(C(=O)CC(=O)C(=O)O)c1. The van der Waals surface area contributed by atoms with E-state index in [9.17, 15) is 14.4 Å². The average molecular weight is 234 g/mol. The highest BCUT2D eigenvalue weighted by Gasteiger charge is 2.19. The standard InChI is InChI=1S/C13H14O4/c1-7-4-8(2)9(3)10(5-7)11(14)6-12(15)13(16)17/h4-5H,6H2,1-3H3,(H,16,17). The maximum absolute atomic E-state index is 11.8. The zero-order valence-electron chi connectivity index (χ0n) is 10.0. The van der Waals surface area contributed by atoms with Crippen molar-refractivity contribution in [2.75, 3.05) is 0 Å². The molecule has 4 heteroatoms. The number of carbonyl (C=O) groups excluding carboxylic acids is 2. The summed E-state index contributed by atoms with van der Waals surface area (Å²) in [6.07, 6.45) is -0.584. The molecule has 0 bridgehead atoms. The van der Waals surface area contributed by atoms with Gasteiger partial charge in [0.05, 0.1) is 6.42 Å². The first-order chi connectivity index (χ1) is 7.82. The van der Waals surface area contributed by atoms with Gasteiger partial charge in [-0.1, -0.05) is 11.6 Å². The second-order valence-electron chi connectivity index (χ2n) is 4.08. The number of hydrogen-bond donors (Lipinski definition) is 1. The Labute approximate surface area is 99.3 Å². The van der Waals surface area contributed by atoms with Crippen LogP contribution in [-0.2, 0) is 9.59 Å². The van der Waals surface area contributed by atoms with Crippen LogP contribution in [-0.4, -0.2) is 22.6 Å². The number of carboxylic acid groups (broad SMARTS) is 1. The zero-order chi connectivity index (χ0) is 13.2. The zero-order valence-corrected chi connectivity index (χ0v) is 10.0. The first-order valence-electron chi connectivity index (χ1n) is 5.20. The molecule has 1 aromatic carbocycles. The van der Waals surface area contributed by atoms with Crippen molar-refractivity contribution >= 4 is 17.5 Å². The summed E-state index contributed by atoms with van der Waals surface area (Å²) in [5, 5.41) is 8.45. The molecule has 0 aliphatic heterocycles. The van der Waals surface area contributed by atoms with Gasteiger partial charge in [-0.15, -0.1) is 0 Å². The Morgan fingerprint density at radius 3 is 2.24 bits per heavy atom. The third-order valence-electron chi connectivity index (χ3n) is 2.67. The van der Waals surface area contributed by atoms with E-state index in [4.69, 9.17) is 5.11 Å². The molecular weight excluding hydrogens is 220 g/mol. The smallest absolute Gasteiger partial charge is 0.372 e. The summed E-state index contributed by atoms with van der Waals surface area (Å²) >= 11 is 0. The first kappa shape index (κ1) is 13.1. The lowest BCUT2D eigenvalue weighted by atomic mass is 9.95. The van der Waals surface area contributed by atoms with Gasteiger partial charge >= 0.3 is 5.97 Å². The van der Waals surface area contributed by atoms with E-state index in [2.05, 4.69) is 0 Å². The molecule has 0 aromatic heterocycles. The predicted octanol–water partition coefficient (Wildman–Crippen LogP) is 1.84. The Bertz CT molecular complexity index is 500. The summed E-state index contributed by atoms with van der Waals surface area (Å²) in [6.45, 7) is 5.51. The summed E-state index contributed by atoms with van der Waals surface area (Å²) < 4.78 is 0. The van der Waals surface area contributed by atoms with E-state index in [-0.39, 0.29) is 0 Å². The Balaban J connectivity index is 3.05. The third kappa shape index (κ3) is 3.00. The largest absolute Gasteiger partial charge is 0.475 e. The van der Waals surface area contributed by atoms with Crippen molar-refractivity contribution < 1.29 is 19.5 Å². The molecule has 0 heterocycles. The fourth-order valence-electron chi connectivity index (χ4n) is 1.65. The molecule has 1 aromatic rings. The Kier molecular flexibility index (Phi) is 3.78. The van der Waals surface area contributed by atoms with Gasteiger partial charge in [0.25, 0.3) is 0 Å². The van der Waals surface area contributed by atoms with Gasteiger partial charge in [0.15, 0.2) is 5.78 Å². The lowest BCUT2D eigenvalue weighted by Gasteiger charge is -2.08. The second kappa shape index (κ2) is 4.91. The van der Waals surface area contributed by atoms with Gasteiger partial charge in [-0.3, -0.25) is 9.59 Å². The number of benzene rings is 1. The minimum Gasteiger partial charge on any atom is -0.475 e. The predicted molar refractivity (Wildman–Crippen MR) is 62.2 cm³/mol. The van der Waals surface area contributed by atoms with Gasteiger partial charge < -0.3 is 5.11 Å². The van der Waals surface area contributed by atoms with Crippen LogP contribution >= 0.6 is 0 Å². The number of rotatable bonds is 4. The molecule has 0 saturated heterocycles. The van der Waals surface area contributed by atoms with Crippen molar-refractivity contribution in [1.29, 1.82) is 0 Å². The topological polar surface area (TPSA) is 71.4 Å². The van der Waals surface area contributed by atoms with Crippen LogP contribution in [0.25, 0.3) is 0 Å². The molecule has 0 aliphatic carbocycles. The molecule has 1 N–H and O–H groups in total. The molecule has 0 aliphatic rings. The fraction of sp³-hybridized carbons (Fsp3) is 0.308. The molecule has 0 unspecified atom stereocenters. The van der Waals surface area contributed by atoms with Gasteiger partial charge in [0, 0.05) is 5.56 Å². The first-order valence-corrected chi connectivity index (χ1v) is 5.20. The minimum atomic E-state index is -1.57. The number of ketones is 2. The lowest BCUT2D eigenvalue weighted by Crippen LogP contribution is -2.18. The van der Waals surface area contributed by atoms with Crippen LogP contribution in [0.3, 0.4) is 0 Å². The number of aryl methyl sites for hydroxylation is 2. The summed E-state index contributed by atoms with van der Waals surface area (Å²) in [4.78, 5) is 33.2. The maximum atomic E-state index is 11.8. The summed E-state index contributed by atoms with van der Waals surface area (Å²) in [5.41, 5.74) is 3.09. The van der Waals surface area contributed by atoms with Gasteiger partial charge in [-0.2, -0.15) is 0 Å². The van der Waals surface area contributed by atoms with E-state index < -0.39 is 24.0 Å². The number of hydrogen-bond acceptors (Lipinski definition) is 3. The second-order valence-corrected chi connectivity index (χ2v) is 4.08. The van der Waals surface area contributed by atoms with E-state index in [1.54, 1.807) is 13.0 Å². The van der Waals surface area contributed by atoms with Crippen LogP contribution in [0.4, 0.5) is 0 Å². The Morgan fingerprint density at radius 1 is 1.12 bits per heavy atom. The van der Waals surface area contributed by atoms with Gasteiger partial charge in [0.2, 0.25) is 5.78 Å². The van der Waals surface area contributed by atoms with Crippen LogP contribution in [0.15, 0.2) is 12.1 Å². The molecule has 90 valence electrons. The number of carboxylic acids is 1. The molecule has 0 saturated carbocycles. The van der Waals surface area contributed by atoms with Crippen molar-refractivity contribution in [3.63, 3.8) is 0 Å². The Hall–Kier alpha value is -1.97. The van der Waals surface area contributed by atoms with Crippen molar-refractivity contribution in [2.45, 2.75) is 27.2 Å². The molecule has 0 spiro atoms. The summed E-state index contributed by atoms with van der Waals surface area (Å²) in [5.74, 6) is -3.09. The third-order valence-corrected chi connectivity index (χ3v) is 2.67. The normalized spacial score (nSPS) is 10.1. The van der Waals surface area contributed by atoms with Crippen LogP contribution in [0, 0.1) is 20.8 Å². The summed E-state index contributed by atoms with van der Waals surface area (Å²) in [7, 11) is 0. The quantitative estimate of drug-likeness (QED) is 0.490. The highest BCUT2D eigenvalue weighted by Crippen LogP contribution is 2.17. The van der Waals surface area contributed by atoms with E-state index in [0.29, 0.717) is 5.56 Å². The van der Waals surface area contributed by atoms with E-state index >= 15 is 0 Å². The highest BCUT2D eigenvalue weighted by molar-refractivity contribution is 6.37.